The number of aromatic nitrogens is 1. The molecule has 1 aliphatic rings. The molecular formula is C22H18Cl3N3O3. The first-order valence-corrected chi connectivity index (χ1v) is 10.7. The lowest BCUT2D eigenvalue weighted by molar-refractivity contribution is -0.119. The number of anilines is 1. The van der Waals surface area contributed by atoms with E-state index < -0.39 is 18.5 Å². The van der Waals surface area contributed by atoms with Crippen LogP contribution in [0.1, 0.15) is 21.6 Å². The number of amides is 1. The van der Waals surface area contributed by atoms with E-state index in [2.05, 4.69) is 10.2 Å². The molecule has 0 bridgehead atoms. The SMILES string of the molecule is CN1CCc2nc3ccccc3c(C(=O)OCC(=O)Nc3c(Cl)cc(Cl)cc3Cl)c2C1. The smallest absolute Gasteiger partial charge is 0.339 e. The van der Waals surface area contributed by atoms with Crippen molar-refractivity contribution in [2.75, 3.05) is 25.5 Å². The first-order valence-electron chi connectivity index (χ1n) is 9.54. The van der Waals surface area contributed by atoms with Crippen LogP contribution < -0.4 is 5.32 Å². The molecule has 0 aliphatic carbocycles. The molecule has 0 radical (unpaired) electrons. The van der Waals surface area contributed by atoms with Gasteiger partial charge in [-0.15, -0.1) is 0 Å². The number of rotatable bonds is 4. The Bertz CT molecular complexity index is 1180. The molecule has 9 heteroatoms. The van der Waals surface area contributed by atoms with Crippen molar-refractivity contribution in [3.63, 3.8) is 0 Å². The molecule has 2 heterocycles. The number of esters is 1. The number of fused-ring (bicyclic) bond motifs is 2. The minimum Gasteiger partial charge on any atom is -0.452 e. The number of carbonyl (C=O) groups excluding carboxylic acids is 2. The second-order valence-corrected chi connectivity index (χ2v) is 8.54. The third-order valence-corrected chi connectivity index (χ3v) is 5.86. The van der Waals surface area contributed by atoms with Crippen molar-refractivity contribution in [2.45, 2.75) is 13.0 Å². The molecule has 2 aromatic carbocycles. The number of para-hydroxylation sites is 1. The van der Waals surface area contributed by atoms with Crippen LogP contribution >= 0.6 is 34.8 Å². The van der Waals surface area contributed by atoms with Crippen molar-refractivity contribution in [3.8, 4) is 0 Å². The van der Waals surface area contributed by atoms with Crippen LogP contribution in [0.5, 0.6) is 0 Å². The highest BCUT2D eigenvalue weighted by Gasteiger charge is 2.26. The van der Waals surface area contributed by atoms with E-state index in [1.165, 1.54) is 12.1 Å². The van der Waals surface area contributed by atoms with E-state index in [-0.39, 0.29) is 15.7 Å². The summed E-state index contributed by atoms with van der Waals surface area (Å²) in [5.41, 5.74) is 3.10. The van der Waals surface area contributed by atoms with Gasteiger partial charge in [0.2, 0.25) is 0 Å². The second-order valence-electron chi connectivity index (χ2n) is 7.29. The fraction of sp³-hybridized carbons (Fsp3) is 0.227. The molecule has 0 atom stereocenters. The summed E-state index contributed by atoms with van der Waals surface area (Å²) in [7, 11) is 1.99. The fourth-order valence-electron chi connectivity index (χ4n) is 3.60. The summed E-state index contributed by atoms with van der Waals surface area (Å²) in [5, 5.41) is 3.98. The van der Waals surface area contributed by atoms with Gasteiger partial charge in [0, 0.05) is 41.2 Å². The highest BCUT2D eigenvalue weighted by Crippen LogP contribution is 2.33. The van der Waals surface area contributed by atoms with Gasteiger partial charge in [0.1, 0.15) is 0 Å². The number of ether oxygens (including phenoxy) is 1. The lowest BCUT2D eigenvalue weighted by atomic mass is 9.96. The van der Waals surface area contributed by atoms with Crippen LogP contribution in [0.15, 0.2) is 36.4 Å². The molecule has 1 aliphatic heterocycles. The summed E-state index contributed by atoms with van der Waals surface area (Å²) in [4.78, 5) is 32.3. The van der Waals surface area contributed by atoms with Gasteiger partial charge in [0.25, 0.3) is 5.91 Å². The van der Waals surface area contributed by atoms with Crippen molar-refractivity contribution < 1.29 is 14.3 Å². The second kappa shape index (κ2) is 9.01. The normalized spacial score (nSPS) is 13.7. The Hall–Kier alpha value is -2.38. The van der Waals surface area contributed by atoms with E-state index in [1.807, 2.05) is 31.3 Å². The summed E-state index contributed by atoms with van der Waals surface area (Å²) in [6.07, 6.45) is 0.741. The van der Waals surface area contributed by atoms with Crippen molar-refractivity contribution >= 4 is 63.3 Å². The molecule has 3 aromatic rings. The summed E-state index contributed by atoms with van der Waals surface area (Å²) >= 11 is 18.1. The van der Waals surface area contributed by atoms with Crippen molar-refractivity contribution in [1.82, 2.24) is 9.88 Å². The fourth-order valence-corrected chi connectivity index (χ4v) is 4.51. The van der Waals surface area contributed by atoms with Crippen molar-refractivity contribution in [1.29, 1.82) is 0 Å². The van der Waals surface area contributed by atoms with Gasteiger partial charge in [-0.2, -0.15) is 0 Å². The molecule has 31 heavy (non-hydrogen) atoms. The summed E-state index contributed by atoms with van der Waals surface area (Å²) in [6.45, 7) is 0.951. The largest absolute Gasteiger partial charge is 0.452 e. The topological polar surface area (TPSA) is 71.5 Å². The lowest BCUT2D eigenvalue weighted by Crippen LogP contribution is -2.30. The summed E-state index contributed by atoms with van der Waals surface area (Å²) in [5.74, 6) is -1.14. The minimum absolute atomic E-state index is 0.189. The Labute approximate surface area is 194 Å². The predicted molar refractivity (Wildman–Crippen MR) is 122 cm³/mol. The number of likely N-dealkylation sites (N-methyl/N-ethyl adjacent to an activating group) is 1. The average molecular weight is 479 g/mol. The van der Waals surface area contributed by atoms with E-state index >= 15 is 0 Å². The van der Waals surface area contributed by atoms with Gasteiger partial charge in [-0.05, 0) is 25.2 Å². The maximum Gasteiger partial charge on any atom is 0.339 e. The third kappa shape index (κ3) is 4.62. The Kier molecular flexibility index (Phi) is 6.34. The van der Waals surface area contributed by atoms with Gasteiger partial charge in [0.05, 0.1) is 26.8 Å². The first kappa shape index (κ1) is 21.8. The molecule has 1 aromatic heterocycles. The molecular weight excluding hydrogens is 461 g/mol. The molecule has 1 amide bonds. The van der Waals surface area contributed by atoms with Crippen LogP contribution in [0.4, 0.5) is 5.69 Å². The van der Waals surface area contributed by atoms with Crippen molar-refractivity contribution in [2.24, 2.45) is 0 Å². The number of carbonyl (C=O) groups is 2. The van der Waals surface area contributed by atoms with Gasteiger partial charge in [-0.25, -0.2) is 4.79 Å². The zero-order valence-electron chi connectivity index (χ0n) is 16.5. The average Bonchev–Trinajstić information content (AvgIpc) is 2.73. The molecule has 0 saturated heterocycles. The number of benzene rings is 2. The maximum absolute atomic E-state index is 13.1. The predicted octanol–water partition coefficient (Wildman–Crippen LogP) is 4.98. The molecule has 0 fully saturated rings. The van der Waals surface area contributed by atoms with Gasteiger partial charge < -0.3 is 15.0 Å². The zero-order chi connectivity index (χ0) is 22.1. The minimum atomic E-state index is -0.575. The van der Waals surface area contributed by atoms with Crippen LogP contribution in [-0.2, 0) is 22.5 Å². The number of pyridine rings is 1. The van der Waals surface area contributed by atoms with Crippen LogP contribution in [0.25, 0.3) is 10.9 Å². The van der Waals surface area contributed by atoms with Crippen molar-refractivity contribution in [3.05, 3.63) is 68.3 Å². The van der Waals surface area contributed by atoms with E-state index in [9.17, 15) is 9.59 Å². The molecule has 0 saturated carbocycles. The van der Waals surface area contributed by atoms with E-state index in [1.54, 1.807) is 0 Å². The quantitative estimate of drug-likeness (QED) is 0.536. The summed E-state index contributed by atoms with van der Waals surface area (Å²) in [6, 6.07) is 10.3. The highest BCUT2D eigenvalue weighted by atomic mass is 35.5. The Balaban J connectivity index is 1.57. The van der Waals surface area contributed by atoms with E-state index in [4.69, 9.17) is 44.5 Å². The maximum atomic E-state index is 13.1. The molecule has 0 spiro atoms. The van der Waals surface area contributed by atoms with Crippen LogP contribution in [0, 0.1) is 0 Å². The lowest BCUT2D eigenvalue weighted by Gasteiger charge is -2.26. The Morgan fingerprint density at radius 2 is 1.87 bits per heavy atom. The summed E-state index contributed by atoms with van der Waals surface area (Å²) < 4.78 is 5.37. The Morgan fingerprint density at radius 3 is 2.61 bits per heavy atom. The van der Waals surface area contributed by atoms with Crippen LogP contribution in [-0.4, -0.2) is 42.0 Å². The standard InChI is InChI=1S/C22H18Cl3N3O3/c1-28-7-6-18-14(10-28)20(13-4-2-3-5-17(13)26-18)22(30)31-11-19(29)27-21-15(24)8-12(23)9-16(21)25/h2-5,8-9H,6-7,10-11H2,1H3,(H,27,29). The van der Waals surface area contributed by atoms with Gasteiger partial charge in [-0.1, -0.05) is 53.0 Å². The molecule has 1 N–H and O–H groups in total. The van der Waals surface area contributed by atoms with Crippen LogP contribution in [0.2, 0.25) is 15.1 Å². The number of hydrogen-bond donors (Lipinski definition) is 1. The van der Waals surface area contributed by atoms with Gasteiger partial charge in [0.15, 0.2) is 6.61 Å². The monoisotopic (exact) mass is 477 g/mol. The molecule has 0 unspecified atom stereocenters. The highest BCUT2D eigenvalue weighted by molar-refractivity contribution is 6.42. The number of nitrogens with one attached hydrogen (secondary N) is 1. The van der Waals surface area contributed by atoms with E-state index in [0.717, 1.165) is 29.7 Å². The van der Waals surface area contributed by atoms with E-state index in [0.29, 0.717) is 22.5 Å². The molecule has 6 nitrogen and oxygen atoms in total. The Morgan fingerprint density at radius 1 is 1.16 bits per heavy atom. The van der Waals surface area contributed by atoms with Crippen LogP contribution in [0.3, 0.4) is 0 Å². The number of nitrogens with zero attached hydrogens (tertiary/aromatic N) is 2. The van der Waals surface area contributed by atoms with Gasteiger partial charge >= 0.3 is 5.97 Å². The van der Waals surface area contributed by atoms with Gasteiger partial charge in [-0.3, -0.25) is 9.78 Å². The number of hydrogen-bond acceptors (Lipinski definition) is 5. The first-order chi connectivity index (χ1) is 14.8. The molecule has 4 rings (SSSR count). The molecule has 160 valence electrons. The zero-order valence-corrected chi connectivity index (χ0v) is 18.8. The third-order valence-electron chi connectivity index (χ3n) is 5.05. The number of halogens is 3.